The van der Waals surface area contributed by atoms with E-state index < -0.39 is 52.9 Å². The number of nitrogens with zero attached hydrogens (tertiary/aromatic N) is 1. The minimum Gasteiger partial charge on any atom is -0.370 e. The summed E-state index contributed by atoms with van der Waals surface area (Å²) in [6.07, 6.45) is 0.233. The van der Waals surface area contributed by atoms with Gasteiger partial charge in [-0.3, -0.25) is 29.4 Å². The molecule has 2 saturated heterocycles. The van der Waals surface area contributed by atoms with Crippen LogP contribution in [0.1, 0.15) is 24.0 Å². The number of hydrogen-bond acceptors (Lipinski definition) is 5. The number of hydrogen-bond donors (Lipinski definition) is 3. The van der Waals surface area contributed by atoms with Crippen LogP contribution in [0.5, 0.6) is 0 Å². The number of amides is 4. The highest BCUT2D eigenvalue weighted by atomic mass is 19.1. The van der Waals surface area contributed by atoms with Gasteiger partial charge in [-0.25, -0.2) is 4.39 Å². The van der Waals surface area contributed by atoms with Crippen LogP contribution in [0.4, 0.5) is 10.1 Å². The first-order valence-corrected chi connectivity index (χ1v) is 10.4. The molecule has 4 amide bonds. The third kappa shape index (κ3) is 2.85. The number of rotatable bonds is 5. The van der Waals surface area contributed by atoms with Crippen LogP contribution in [0.15, 0.2) is 48.5 Å². The average Bonchev–Trinajstić information content (AvgIpc) is 3.34. The number of carbonyl (C=O) groups excluding carboxylic acids is 4. The van der Waals surface area contributed by atoms with Crippen molar-refractivity contribution in [3.8, 4) is 0 Å². The van der Waals surface area contributed by atoms with Crippen LogP contribution in [0.3, 0.4) is 0 Å². The van der Waals surface area contributed by atoms with Gasteiger partial charge in [0.25, 0.3) is 0 Å². The van der Waals surface area contributed by atoms with Gasteiger partial charge < -0.3 is 11.1 Å². The van der Waals surface area contributed by atoms with E-state index in [1.54, 1.807) is 24.3 Å². The maximum absolute atomic E-state index is 13.6. The molecule has 0 aliphatic carbocycles. The predicted octanol–water partition coefficient (Wildman–Crippen LogP) is 1.01. The first kappa shape index (κ1) is 20.3. The van der Waals surface area contributed by atoms with Crippen molar-refractivity contribution in [3.05, 3.63) is 65.5 Å². The predicted molar refractivity (Wildman–Crippen MR) is 111 cm³/mol. The molecule has 4 atom stereocenters. The van der Waals surface area contributed by atoms with Gasteiger partial charge in [-0.05, 0) is 30.2 Å². The highest BCUT2D eigenvalue weighted by Crippen LogP contribution is 2.53. The molecule has 3 aliphatic heterocycles. The molecule has 4 N–H and O–H groups in total. The second kappa shape index (κ2) is 7.23. The number of nitrogens with one attached hydrogen (secondary N) is 2. The summed E-state index contributed by atoms with van der Waals surface area (Å²) in [6.45, 7) is -0.0210. The Hall–Kier alpha value is -3.59. The molecule has 32 heavy (non-hydrogen) atoms. The molecular formula is C23H21FN4O4. The van der Waals surface area contributed by atoms with Crippen LogP contribution in [0.25, 0.3) is 0 Å². The lowest BCUT2D eigenvalue weighted by atomic mass is 9.76. The van der Waals surface area contributed by atoms with Gasteiger partial charge in [0, 0.05) is 23.7 Å². The lowest BCUT2D eigenvalue weighted by Gasteiger charge is -2.29. The van der Waals surface area contributed by atoms with E-state index in [-0.39, 0.29) is 19.4 Å². The van der Waals surface area contributed by atoms with E-state index in [0.29, 0.717) is 16.8 Å². The third-order valence-corrected chi connectivity index (χ3v) is 6.67. The highest BCUT2D eigenvalue weighted by molar-refractivity contribution is 6.15. The van der Waals surface area contributed by atoms with Gasteiger partial charge in [-0.15, -0.1) is 0 Å². The van der Waals surface area contributed by atoms with Gasteiger partial charge in [-0.2, -0.15) is 0 Å². The number of halogens is 1. The molecule has 0 saturated carbocycles. The fourth-order valence-corrected chi connectivity index (χ4v) is 5.29. The number of likely N-dealkylation sites (tertiary alicyclic amines) is 1. The van der Waals surface area contributed by atoms with Crippen LogP contribution in [0, 0.1) is 17.7 Å². The van der Waals surface area contributed by atoms with Crippen LogP contribution < -0.4 is 16.4 Å². The Balaban J connectivity index is 1.56. The van der Waals surface area contributed by atoms with Crippen LogP contribution in [-0.2, 0) is 31.3 Å². The summed E-state index contributed by atoms with van der Waals surface area (Å²) in [5.41, 5.74) is 5.69. The van der Waals surface area contributed by atoms with E-state index in [1.165, 1.54) is 24.3 Å². The first-order valence-electron chi connectivity index (χ1n) is 10.4. The van der Waals surface area contributed by atoms with Gasteiger partial charge in [0.2, 0.25) is 23.6 Å². The van der Waals surface area contributed by atoms with Gasteiger partial charge >= 0.3 is 0 Å². The Morgan fingerprint density at radius 2 is 1.78 bits per heavy atom. The quantitative estimate of drug-likeness (QED) is 0.604. The Morgan fingerprint density at radius 3 is 2.50 bits per heavy atom. The monoisotopic (exact) mass is 436 g/mol. The molecule has 2 aromatic rings. The number of carbonyl (C=O) groups is 4. The number of fused-ring (bicyclic) bond motifs is 4. The molecule has 8 nitrogen and oxygen atoms in total. The number of primary amides is 1. The molecule has 2 aromatic carbocycles. The molecule has 2 fully saturated rings. The Bertz CT molecular complexity index is 1150. The molecule has 0 radical (unpaired) electrons. The Kier molecular flexibility index (Phi) is 4.59. The van der Waals surface area contributed by atoms with E-state index in [4.69, 9.17) is 5.73 Å². The Labute approximate surface area is 182 Å². The average molecular weight is 436 g/mol. The maximum atomic E-state index is 13.6. The van der Waals surface area contributed by atoms with E-state index in [2.05, 4.69) is 10.6 Å². The van der Waals surface area contributed by atoms with Crippen molar-refractivity contribution in [2.75, 3.05) is 5.32 Å². The summed E-state index contributed by atoms with van der Waals surface area (Å²) in [7, 11) is 0. The molecule has 164 valence electrons. The second-order valence-electron chi connectivity index (χ2n) is 8.46. The largest absolute Gasteiger partial charge is 0.370 e. The number of anilines is 1. The summed E-state index contributed by atoms with van der Waals surface area (Å²) >= 11 is 0. The molecule has 3 aliphatic rings. The van der Waals surface area contributed by atoms with Crippen molar-refractivity contribution in [2.24, 2.45) is 17.6 Å². The third-order valence-electron chi connectivity index (χ3n) is 6.67. The summed E-state index contributed by atoms with van der Waals surface area (Å²) in [6, 6.07) is 12.0. The van der Waals surface area contributed by atoms with Gasteiger partial charge in [0.1, 0.15) is 11.4 Å². The van der Waals surface area contributed by atoms with Crippen molar-refractivity contribution in [3.63, 3.8) is 0 Å². The molecule has 0 bridgehead atoms. The van der Waals surface area contributed by atoms with Gasteiger partial charge in [-0.1, -0.05) is 30.3 Å². The van der Waals surface area contributed by atoms with Gasteiger partial charge in [0.15, 0.2) is 0 Å². The lowest BCUT2D eigenvalue weighted by molar-refractivity contribution is -0.143. The molecule has 9 heteroatoms. The SMILES string of the molecule is NC(=O)CC[C@H]1N[C@@]2(C(=O)Nc3ccccc32)[C@@H]2C(=O)N(Cc3ccc(F)cc3)C(=O)[C@@H]21. The first-order chi connectivity index (χ1) is 15.3. The fraction of sp³-hybridized carbons (Fsp3) is 0.304. The summed E-state index contributed by atoms with van der Waals surface area (Å²) in [5, 5.41) is 6.06. The van der Waals surface area contributed by atoms with E-state index in [9.17, 15) is 23.6 Å². The highest BCUT2D eigenvalue weighted by Gasteiger charge is 2.70. The molecule has 3 heterocycles. The topological polar surface area (TPSA) is 122 Å². The zero-order chi connectivity index (χ0) is 22.6. The zero-order valence-corrected chi connectivity index (χ0v) is 17.0. The number of para-hydroxylation sites is 1. The van der Waals surface area contributed by atoms with E-state index in [0.717, 1.165) is 4.90 Å². The molecule has 1 spiro atoms. The maximum Gasteiger partial charge on any atom is 0.250 e. The number of nitrogens with two attached hydrogens (primary N) is 1. The standard InChI is InChI=1S/C23H21FN4O4/c24-13-7-5-12(6-8-13)11-28-20(30)18-16(9-10-17(25)29)27-23(19(18)21(28)31)14-3-1-2-4-15(14)26-22(23)32/h1-8,16,18-19,27H,9-11H2,(H2,25,29)(H,26,32)/t16-,18-,19+,23-/m1/s1. The number of benzene rings is 2. The van der Waals surface area contributed by atoms with Gasteiger partial charge in [0.05, 0.1) is 18.4 Å². The van der Waals surface area contributed by atoms with Crippen LogP contribution in [-0.4, -0.2) is 34.6 Å². The van der Waals surface area contributed by atoms with Crippen LogP contribution in [0.2, 0.25) is 0 Å². The molecule has 5 rings (SSSR count). The summed E-state index contributed by atoms with van der Waals surface area (Å²) in [5.74, 6) is -4.01. The van der Waals surface area contributed by atoms with E-state index >= 15 is 0 Å². The molecule has 0 aromatic heterocycles. The summed E-state index contributed by atoms with van der Waals surface area (Å²) < 4.78 is 13.3. The van der Waals surface area contributed by atoms with Crippen molar-refractivity contribution >= 4 is 29.3 Å². The Morgan fingerprint density at radius 1 is 1.06 bits per heavy atom. The normalized spacial score (nSPS) is 28.2. The molecular weight excluding hydrogens is 415 g/mol. The van der Waals surface area contributed by atoms with Crippen LogP contribution >= 0.6 is 0 Å². The smallest absolute Gasteiger partial charge is 0.250 e. The fourth-order valence-electron chi connectivity index (χ4n) is 5.29. The minimum atomic E-state index is -1.41. The minimum absolute atomic E-state index is 0.0136. The van der Waals surface area contributed by atoms with Crippen molar-refractivity contribution in [2.45, 2.75) is 31.0 Å². The van der Waals surface area contributed by atoms with E-state index in [1.807, 2.05) is 0 Å². The second-order valence-corrected chi connectivity index (χ2v) is 8.46. The van der Waals surface area contributed by atoms with Crippen molar-refractivity contribution < 1.29 is 23.6 Å². The van der Waals surface area contributed by atoms with Crippen molar-refractivity contribution in [1.29, 1.82) is 0 Å². The number of imide groups is 1. The summed E-state index contributed by atoms with van der Waals surface area (Å²) in [4.78, 5) is 52.8. The zero-order valence-electron chi connectivity index (χ0n) is 17.0. The molecule has 0 unspecified atom stereocenters. The van der Waals surface area contributed by atoms with Crippen molar-refractivity contribution in [1.82, 2.24) is 10.2 Å². The lowest BCUT2D eigenvalue weighted by Crippen LogP contribution is -2.53.